The molecule has 0 aliphatic rings. The van der Waals surface area contributed by atoms with Crippen molar-refractivity contribution in [1.29, 1.82) is 0 Å². The van der Waals surface area contributed by atoms with Crippen molar-refractivity contribution in [3.05, 3.63) is 24.0 Å². The lowest BCUT2D eigenvalue weighted by Gasteiger charge is -2.07. The maximum atomic E-state index is 5.35. The molecular weight excluding hydrogens is 300 g/mol. The van der Waals surface area contributed by atoms with Gasteiger partial charge in [-0.1, -0.05) is 24.7 Å². The molecule has 22 heavy (non-hydrogen) atoms. The fraction of sp³-hybridized carbons (Fsp3) is 0.400. The summed E-state index contributed by atoms with van der Waals surface area (Å²) in [6.07, 6.45) is 3.11. The Hall–Kier alpha value is -2.15. The smallest absolute Gasteiger partial charge is 0.234 e. The first-order valence-corrected chi connectivity index (χ1v) is 8.02. The van der Waals surface area contributed by atoms with Crippen molar-refractivity contribution < 1.29 is 9.47 Å². The van der Waals surface area contributed by atoms with E-state index in [0.29, 0.717) is 11.5 Å². The molecule has 0 saturated heterocycles. The highest BCUT2D eigenvalue weighted by atomic mass is 32.1. The second kappa shape index (κ2) is 6.31. The number of unbranched alkanes of at least 4 members (excludes halogenated alkanes) is 1. The number of hydrogen-bond acceptors (Lipinski definition) is 6. The minimum Gasteiger partial charge on any atom is -0.493 e. The van der Waals surface area contributed by atoms with Crippen molar-refractivity contribution in [1.82, 2.24) is 19.8 Å². The molecule has 0 unspecified atom stereocenters. The van der Waals surface area contributed by atoms with Crippen molar-refractivity contribution in [3.8, 4) is 22.1 Å². The maximum Gasteiger partial charge on any atom is 0.234 e. The molecule has 2 heterocycles. The van der Waals surface area contributed by atoms with Crippen LogP contribution in [0.2, 0.25) is 0 Å². The molecule has 7 heteroatoms. The molecule has 3 rings (SSSR count). The van der Waals surface area contributed by atoms with Gasteiger partial charge in [0.05, 0.1) is 14.2 Å². The third kappa shape index (κ3) is 2.64. The Kier molecular flexibility index (Phi) is 4.24. The van der Waals surface area contributed by atoms with E-state index in [2.05, 4.69) is 22.2 Å². The molecular formula is C15H18N4O2S. The summed E-state index contributed by atoms with van der Waals surface area (Å²) in [6, 6.07) is 5.78. The van der Waals surface area contributed by atoms with Crippen LogP contribution in [0.1, 0.15) is 25.6 Å². The Balaban J connectivity index is 1.98. The van der Waals surface area contributed by atoms with Gasteiger partial charge in [-0.25, -0.2) is 0 Å². The van der Waals surface area contributed by atoms with E-state index in [0.717, 1.165) is 40.6 Å². The number of fused-ring (bicyclic) bond motifs is 1. The van der Waals surface area contributed by atoms with Gasteiger partial charge >= 0.3 is 0 Å². The van der Waals surface area contributed by atoms with Crippen LogP contribution in [0.4, 0.5) is 0 Å². The van der Waals surface area contributed by atoms with E-state index in [1.165, 1.54) is 11.3 Å². The second-order valence-electron chi connectivity index (χ2n) is 4.89. The van der Waals surface area contributed by atoms with Crippen LogP contribution >= 0.6 is 11.3 Å². The van der Waals surface area contributed by atoms with E-state index in [-0.39, 0.29) is 0 Å². The van der Waals surface area contributed by atoms with Crippen LogP contribution < -0.4 is 9.47 Å². The molecule has 2 aromatic heterocycles. The molecule has 0 saturated carbocycles. The van der Waals surface area contributed by atoms with E-state index in [1.807, 2.05) is 22.7 Å². The van der Waals surface area contributed by atoms with Gasteiger partial charge in [-0.2, -0.15) is 9.61 Å². The van der Waals surface area contributed by atoms with Gasteiger partial charge in [0, 0.05) is 12.0 Å². The van der Waals surface area contributed by atoms with Gasteiger partial charge in [0.1, 0.15) is 5.01 Å². The van der Waals surface area contributed by atoms with E-state index in [1.54, 1.807) is 14.2 Å². The van der Waals surface area contributed by atoms with E-state index < -0.39 is 0 Å². The molecule has 0 bridgehead atoms. The third-order valence-corrected chi connectivity index (χ3v) is 4.39. The summed E-state index contributed by atoms with van der Waals surface area (Å²) in [6.45, 7) is 2.16. The Morgan fingerprint density at radius 3 is 2.68 bits per heavy atom. The van der Waals surface area contributed by atoms with E-state index >= 15 is 0 Å². The fourth-order valence-corrected chi connectivity index (χ4v) is 3.09. The highest BCUT2D eigenvalue weighted by Gasteiger charge is 2.14. The molecule has 0 N–H and O–H groups in total. The van der Waals surface area contributed by atoms with Gasteiger partial charge in [0.25, 0.3) is 0 Å². The first-order valence-electron chi connectivity index (χ1n) is 7.20. The van der Waals surface area contributed by atoms with E-state index in [9.17, 15) is 0 Å². The van der Waals surface area contributed by atoms with Crippen LogP contribution in [0.15, 0.2) is 18.2 Å². The van der Waals surface area contributed by atoms with Crippen molar-refractivity contribution in [3.63, 3.8) is 0 Å². The molecule has 0 spiro atoms. The van der Waals surface area contributed by atoms with Gasteiger partial charge < -0.3 is 9.47 Å². The monoisotopic (exact) mass is 318 g/mol. The molecule has 0 aliphatic heterocycles. The molecule has 1 aromatic carbocycles. The summed E-state index contributed by atoms with van der Waals surface area (Å²) in [7, 11) is 3.25. The summed E-state index contributed by atoms with van der Waals surface area (Å²) < 4.78 is 12.5. The molecule has 6 nitrogen and oxygen atoms in total. The zero-order valence-electron chi connectivity index (χ0n) is 12.9. The summed E-state index contributed by atoms with van der Waals surface area (Å²) in [4.78, 5) is 0.816. The van der Waals surface area contributed by atoms with Gasteiger partial charge in [0.2, 0.25) is 4.96 Å². The average molecular weight is 318 g/mol. The molecule has 0 radical (unpaired) electrons. The van der Waals surface area contributed by atoms with Gasteiger partial charge in [-0.05, 0) is 24.6 Å². The SMILES string of the molecule is CCCCc1nnc2sc(-c3ccc(OC)c(OC)c3)nn12. The molecule has 0 fully saturated rings. The van der Waals surface area contributed by atoms with Gasteiger partial charge in [-0.15, -0.1) is 10.2 Å². The zero-order chi connectivity index (χ0) is 15.5. The van der Waals surface area contributed by atoms with Crippen LogP contribution in [0.5, 0.6) is 11.5 Å². The van der Waals surface area contributed by atoms with Gasteiger partial charge in [0.15, 0.2) is 17.3 Å². The summed E-state index contributed by atoms with van der Waals surface area (Å²) in [5.41, 5.74) is 0.981. The molecule has 0 atom stereocenters. The average Bonchev–Trinajstić information content (AvgIpc) is 3.13. The minimum absolute atomic E-state index is 0.692. The normalized spacial score (nSPS) is 11.0. The van der Waals surface area contributed by atoms with Crippen molar-refractivity contribution in [2.75, 3.05) is 14.2 Å². The van der Waals surface area contributed by atoms with Crippen LogP contribution in [0.25, 0.3) is 15.5 Å². The van der Waals surface area contributed by atoms with Crippen molar-refractivity contribution in [2.45, 2.75) is 26.2 Å². The largest absolute Gasteiger partial charge is 0.493 e. The van der Waals surface area contributed by atoms with Crippen LogP contribution in [0, 0.1) is 0 Å². The Morgan fingerprint density at radius 1 is 1.14 bits per heavy atom. The lowest BCUT2D eigenvalue weighted by molar-refractivity contribution is 0.355. The minimum atomic E-state index is 0.692. The number of rotatable bonds is 6. The quantitative estimate of drug-likeness (QED) is 0.698. The number of nitrogens with zero attached hydrogens (tertiary/aromatic N) is 4. The molecule has 116 valence electrons. The van der Waals surface area contributed by atoms with Crippen LogP contribution in [-0.4, -0.2) is 34.0 Å². The Labute approximate surface area is 132 Å². The van der Waals surface area contributed by atoms with Crippen molar-refractivity contribution >= 4 is 16.3 Å². The predicted octanol–water partition coefficient (Wildman–Crippen LogP) is 3.21. The van der Waals surface area contributed by atoms with Crippen LogP contribution in [0.3, 0.4) is 0 Å². The topological polar surface area (TPSA) is 61.5 Å². The number of ether oxygens (including phenoxy) is 2. The number of aryl methyl sites for hydroxylation is 1. The lowest BCUT2D eigenvalue weighted by Crippen LogP contribution is -1.96. The summed E-state index contributed by atoms with van der Waals surface area (Å²) >= 11 is 1.52. The number of methoxy groups -OCH3 is 2. The molecule has 0 aliphatic carbocycles. The highest BCUT2D eigenvalue weighted by molar-refractivity contribution is 7.19. The maximum absolute atomic E-state index is 5.35. The fourth-order valence-electron chi connectivity index (χ4n) is 2.23. The summed E-state index contributed by atoms with van der Waals surface area (Å²) in [5, 5.41) is 13.9. The van der Waals surface area contributed by atoms with Gasteiger partial charge in [-0.3, -0.25) is 0 Å². The van der Waals surface area contributed by atoms with E-state index in [4.69, 9.17) is 9.47 Å². The number of aromatic nitrogens is 4. The Bertz CT molecular complexity index is 781. The third-order valence-electron chi connectivity index (χ3n) is 3.44. The lowest BCUT2D eigenvalue weighted by atomic mass is 10.2. The standard InChI is InChI=1S/C15H18N4O2S/c1-4-5-6-13-16-17-15-19(13)18-14(22-15)10-7-8-11(20-2)12(9-10)21-3/h7-9H,4-6H2,1-3H3. The second-order valence-corrected chi connectivity index (χ2v) is 5.85. The highest BCUT2D eigenvalue weighted by Crippen LogP contribution is 2.34. The number of benzene rings is 1. The van der Waals surface area contributed by atoms with Crippen LogP contribution in [-0.2, 0) is 6.42 Å². The first kappa shape index (κ1) is 14.8. The number of hydrogen-bond donors (Lipinski definition) is 0. The van der Waals surface area contributed by atoms with Crippen molar-refractivity contribution in [2.24, 2.45) is 0 Å². The predicted molar refractivity (Wildman–Crippen MR) is 85.8 cm³/mol. The summed E-state index contributed by atoms with van der Waals surface area (Å²) in [5.74, 6) is 2.31. The zero-order valence-corrected chi connectivity index (χ0v) is 13.7. The molecule has 0 amide bonds. The molecule has 3 aromatic rings. The Morgan fingerprint density at radius 2 is 1.95 bits per heavy atom. The first-order chi connectivity index (χ1) is 10.8.